The molecule has 1 aromatic heterocycles. The molecule has 0 aliphatic rings. The maximum Gasteiger partial charge on any atom is 0.573 e. The Bertz CT molecular complexity index is 556. The number of hydrogen-bond acceptors (Lipinski definition) is 5. The lowest BCUT2D eigenvalue weighted by molar-refractivity contribution is -0.275. The minimum absolute atomic E-state index is 0.184. The number of rotatable bonds is 3. The molecule has 0 radical (unpaired) electrons. The van der Waals surface area contributed by atoms with Gasteiger partial charge in [-0.3, -0.25) is 4.98 Å². The molecule has 102 valence electrons. The molecular weight excluding hydrogens is 277 g/mol. The van der Waals surface area contributed by atoms with E-state index < -0.39 is 32.8 Å². The van der Waals surface area contributed by atoms with Crippen molar-refractivity contribution in [3.8, 4) is 11.5 Å². The van der Waals surface area contributed by atoms with Gasteiger partial charge in [-0.1, -0.05) is 0 Å². The van der Waals surface area contributed by atoms with E-state index in [1.54, 1.807) is 0 Å². The van der Waals surface area contributed by atoms with Crippen LogP contribution in [0.25, 0.3) is 0 Å². The fourth-order valence-electron chi connectivity index (χ4n) is 1.18. The number of hydrogen-bond donors (Lipinski definition) is 1. The summed E-state index contributed by atoms with van der Waals surface area (Å²) in [6, 6.07) is 0. The Hall–Kier alpha value is -1.55. The molecule has 0 bridgehead atoms. The third-order valence-electron chi connectivity index (χ3n) is 1.86. The first-order chi connectivity index (χ1) is 8.06. The molecule has 2 N–H and O–H groups in total. The number of halogens is 3. The van der Waals surface area contributed by atoms with E-state index in [1.165, 1.54) is 6.92 Å². The smallest absolute Gasteiger partial charge is 0.491 e. The van der Waals surface area contributed by atoms with Gasteiger partial charge in [0.25, 0.3) is 0 Å². The second-order valence-corrected chi connectivity index (χ2v) is 4.69. The molecule has 1 heterocycles. The maximum absolute atomic E-state index is 12.2. The van der Waals surface area contributed by atoms with E-state index in [1.807, 2.05) is 0 Å². The van der Waals surface area contributed by atoms with Crippen molar-refractivity contribution in [1.82, 2.24) is 4.98 Å². The Morgan fingerprint density at radius 2 is 1.89 bits per heavy atom. The number of nitrogens with zero attached hydrogens (tertiary/aromatic N) is 1. The number of pyridine rings is 1. The number of nitrogens with two attached hydrogens (primary N) is 1. The molecule has 18 heavy (non-hydrogen) atoms. The zero-order chi connectivity index (χ0) is 14.1. The molecule has 0 unspecified atom stereocenters. The number of ether oxygens (including phenoxy) is 2. The predicted molar refractivity (Wildman–Crippen MR) is 53.6 cm³/mol. The van der Waals surface area contributed by atoms with Crippen molar-refractivity contribution in [3.05, 3.63) is 11.9 Å². The Morgan fingerprint density at radius 3 is 2.28 bits per heavy atom. The lowest BCUT2D eigenvalue weighted by atomic mass is 10.3. The average Bonchev–Trinajstić information content (AvgIpc) is 2.17. The molecule has 10 heteroatoms. The van der Waals surface area contributed by atoms with Crippen molar-refractivity contribution < 1.29 is 31.1 Å². The van der Waals surface area contributed by atoms with E-state index in [2.05, 4.69) is 14.5 Å². The summed E-state index contributed by atoms with van der Waals surface area (Å²) in [6.45, 7) is 1.20. The number of primary sulfonamides is 1. The SMILES string of the molecule is COc1c(S(N)(=O)=O)cnc(C)c1OC(F)(F)F. The number of alkyl halides is 3. The number of sulfonamides is 1. The van der Waals surface area contributed by atoms with E-state index in [0.29, 0.717) is 0 Å². The molecule has 1 rings (SSSR count). The Morgan fingerprint density at radius 1 is 1.33 bits per heavy atom. The van der Waals surface area contributed by atoms with Crippen LogP contribution in [0.3, 0.4) is 0 Å². The van der Waals surface area contributed by atoms with Crippen LogP contribution in [0.5, 0.6) is 11.5 Å². The summed E-state index contributed by atoms with van der Waals surface area (Å²) in [6.07, 6.45) is -4.20. The van der Waals surface area contributed by atoms with Crippen molar-refractivity contribution in [1.29, 1.82) is 0 Å². The van der Waals surface area contributed by atoms with E-state index in [0.717, 1.165) is 13.3 Å². The normalized spacial score (nSPS) is 12.3. The number of methoxy groups -OCH3 is 1. The van der Waals surface area contributed by atoms with Gasteiger partial charge in [0, 0.05) is 0 Å². The zero-order valence-electron chi connectivity index (χ0n) is 9.28. The molecule has 0 atom stereocenters. The summed E-state index contributed by atoms with van der Waals surface area (Å²) < 4.78 is 67.2. The standard InChI is InChI=1S/C8H9F3N2O4S/c1-4-6(17-8(9,10)11)7(16-2)5(3-13-4)18(12,14)15/h3H,1-2H3,(H2,12,14,15). The first-order valence-corrected chi connectivity index (χ1v) is 5.93. The highest BCUT2D eigenvalue weighted by molar-refractivity contribution is 7.89. The van der Waals surface area contributed by atoms with E-state index in [9.17, 15) is 21.6 Å². The zero-order valence-corrected chi connectivity index (χ0v) is 10.1. The van der Waals surface area contributed by atoms with E-state index >= 15 is 0 Å². The maximum atomic E-state index is 12.2. The third kappa shape index (κ3) is 3.23. The van der Waals surface area contributed by atoms with Crippen LogP contribution in [0.1, 0.15) is 5.69 Å². The molecule has 0 fully saturated rings. The number of aryl methyl sites for hydroxylation is 1. The van der Waals surface area contributed by atoms with Crippen LogP contribution in [0.15, 0.2) is 11.1 Å². The molecule has 0 saturated carbocycles. The Kier molecular flexibility index (Phi) is 3.72. The lowest BCUT2D eigenvalue weighted by Gasteiger charge is -2.16. The van der Waals surface area contributed by atoms with Gasteiger partial charge in [-0.15, -0.1) is 13.2 Å². The second kappa shape index (κ2) is 4.61. The predicted octanol–water partition coefficient (Wildman–Crippen LogP) is 0.945. The minimum atomic E-state index is -5.00. The summed E-state index contributed by atoms with van der Waals surface area (Å²) in [5.74, 6) is -1.47. The van der Waals surface area contributed by atoms with E-state index in [4.69, 9.17) is 5.14 Å². The highest BCUT2D eigenvalue weighted by Gasteiger charge is 2.35. The van der Waals surface area contributed by atoms with Crippen molar-refractivity contribution in [2.24, 2.45) is 5.14 Å². The largest absolute Gasteiger partial charge is 0.573 e. The molecule has 0 spiro atoms. The third-order valence-corrected chi connectivity index (χ3v) is 2.77. The van der Waals surface area contributed by atoms with Crippen molar-refractivity contribution in [3.63, 3.8) is 0 Å². The molecule has 6 nitrogen and oxygen atoms in total. The molecular formula is C8H9F3N2O4S. The summed E-state index contributed by atoms with van der Waals surface area (Å²) in [5.41, 5.74) is -0.184. The average molecular weight is 286 g/mol. The van der Waals surface area contributed by atoms with Crippen molar-refractivity contribution >= 4 is 10.0 Å². The van der Waals surface area contributed by atoms with Crippen molar-refractivity contribution in [2.45, 2.75) is 18.2 Å². The van der Waals surface area contributed by atoms with Crippen LogP contribution in [-0.4, -0.2) is 26.9 Å². The second-order valence-electron chi connectivity index (χ2n) is 3.16. The molecule has 1 aromatic rings. The van der Waals surface area contributed by atoms with Crippen molar-refractivity contribution in [2.75, 3.05) is 7.11 Å². The van der Waals surface area contributed by atoms with Crippen LogP contribution in [-0.2, 0) is 10.0 Å². The van der Waals surface area contributed by atoms with Crippen LogP contribution in [0.2, 0.25) is 0 Å². The molecule has 0 saturated heterocycles. The fraction of sp³-hybridized carbons (Fsp3) is 0.375. The monoisotopic (exact) mass is 286 g/mol. The van der Waals surface area contributed by atoms with Gasteiger partial charge in [-0.05, 0) is 6.92 Å². The van der Waals surface area contributed by atoms with Crippen LogP contribution in [0.4, 0.5) is 13.2 Å². The first-order valence-electron chi connectivity index (χ1n) is 4.38. The van der Waals surface area contributed by atoms with Crippen LogP contribution in [0, 0.1) is 6.92 Å². The highest BCUT2D eigenvalue weighted by Crippen LogP contribution is 2.38. The Labute approximate surface area is 101 Å². The van der Waals surface area contributed by atoms with Gasteiger partial charge >= 0.3 is 6.36 Å². The van der Waals surface area contributed by atoms with Gasteiger partial charge in [-0.25, -0.2) is 13.6 Å². The van der Waals surface area contributed by atoms with Gasteiger partial charge in [0.05, 0.1) is 19.0 Å². The minimum Gasteiger partial charge on any atom is -0.491 e. The molecule has 0 aliphatic carbocycles. The topological polar surface area (TPSA) is 91.5 Å². The number of aromatic nitrogens is 1. The molecule has 0 aromatic carbocycles. The van der Waals surface area contributed by atoms with Gasteiger partial charge in [0.1, 0.15) is 4.90 Å². The van der Waals surface area contributed by atoms with Gasteiger partial charge in [-0.2, -0.15) is 0 Å². The lowest BCUT2D eigenvalue weighted by Crippen LogP contribution is -2.20. The first kappa shape index (κ1) is 14.5. The van der Waals surface area contributed by atoms with Crippen LogP contribution >= 0.6 is 0 Å². The highest BCUT2D eigenvalue weighted by atomic mass is 32.2. The van der Waals surface area contributed by atoms with Gasteiger partial charge < -0.3 is 9.47 Å². The molecule has 0 amide bonds. The quantitative estimate of drug-likeness (QED) is 0.893. The Balaban J connectivity index is 3.50. The summed E-state index contributed by atoms with van der Waals surface area (Å²) in [4.78, 5) is 2.79. The van der Waals surface area contributed by atoms with Gasteiger partial charge in [0.15, 0.2) is 11.5 Å². The van der Waals surface area contributed by atoms with E-state index in [-0.39, 0.29) is 5.69 Å². The summed E-state index contributed by atoms with van der Waals surface area (Å²) in [7, 11) is -3.28. The van der Waals surface area contributed by atoms with Gasteiger partial charge in [0.2, 0.25) is 10.0 Å². The summed E-state index contributed by atoms with van der Waals surface area (Å²) >= 11 is 0. The molecule has 0 aliphatic heterocycles. The summed E-state index contributed by atoms with van der Waals surface area (Å²) in [5, 5.41) is 4.83. The fourth-order valence-corrected chi connectivity index (χ4v) is 1.81. The van der Waals surface area contributed by atoms with Crippen LogP contribution < -0.4 is 14.6 Å².